The lowest BCUT2D eigenvalue weighted by molar-refractivity contribution is 0.324. The smallest absolute Gasteiger partial charge is 0.123 e. The molecule has 3 heteroatoms. The second-order valence-electron chi connectivity index (χ2n) is 2.85. The lowest BCUT2D eigenvalue weighted by atomic mass is 10.1. The van der Waals surface area contributed by atoms with Gasteiger partial charge in [0.05, 0.1) is 24.1 Å². The van der Waals surface area contributed by atoms with E-state index in [0.717, 1.165) is 5.56 Å². The summed E-state index contributed by atoms with van der Waals surface area (Å²) in [5, 5.41) is 17.0. The maximum atomic E-state index is 8.67. The Morgan fingerprint density at radius 3 is 2.79 bits per heavy atom. The van der Waals surface area contributed by atoms with Gasteiger partial charge in [-0.25, -0.2) is 0 Å². The van der Waals surface area contributed by atoms with Gasteiger partial charge < -0.3 is 4.74 Å². The lowest BCUT2D eigenvalue weighted by Gasteiger charge is -2.06. The molecule has 0 aliphatic heterocycles. The van der Waals surface area contributed by atoms with Crippen LogP contribution < -0.4 is 4.74 Å². The maximum absolute atomic E-state index is 8.67. The average Bonchev–Trinajstić information content (AvgIpc) is 2.21. The number of nitriles is 2. The van der Waals surface area contributed by atoms with Gasteiger partial charge >= 0.3 is 0 Å². The first kappa shape index (κ1) is 10.1. The standard InChI is InChI=1S/C11H10N2O/c1-9-3-4-10(8-13)7-11(9)14-6-2-5-12/h3-4,7H,2,6H2,1H3. The van der Waals surface area contributed by atoms with E-state index >= 15 is 0 Å². The largest absolute Gasteiger partial charge is 0.492 e. The second-order valence-corrected chi connectivity index (χ2v) is 2.85. The van der Waals surface area contributed by atoms with Crippen molar-refractivity contribution in [2.75, 3.05) is 6.61 Å². The van der Waals surface area contributed by atoms with E-state index in [1.165, 1.54) is 0 Å². The Kier molecular flexibility index (Phi) is 3.52. The zero-order chi connectivity index (χ0) is 10.4. The van der Waals surface area contributed by atoms with Gasteiger partial charge in [0, 0.05) is 0 Å². The fourth-order valence-electron chi connectivity index (χ4n) is 1.03. The second kappa shape index (κ2) is 4.89. The van der Waals surface area contributed by atoms with Crippen LogP contribution in [-0.4, -0.2) is 6.61 Å². The summed E-state index contributed by atoms with van der Waals surface area (Å²) in [6.45, 7) is 2.27. The van der Waals surface area contributed by atoms with E-state index in [1.54, 1.807) is 12.1 Å². The van der Waals surface area contributed by atoms with Crippen LogP contribution in [0.3, 0.4) is 0 Å². The van der Waals surface area contributed by atoms with Crippen LogP contribution in [0.25, 0.3) is 0 Å². The molecule has 0 spiro atoms. The van der Waals surface area contributed by atoms with Gasteiger partial charge in [-0.15, -0.1) is 0 Å². The van der Waals surface area contributed by atoms with Gasteiger partial charge in [0.15, 0.2) is 0 Å². The van der Waals surface area contributed by atoms with Crippen LogP contribution in [0.2, 0.25) is 0 Å². The molecule has 1 rings (SSSR count). The summed E-state index contributed by atoms with van der Waals surface area (Å²) >= 11 is 0. The molecule has 1 aromatic carbocycles. The zero-order valence-corrected chi connectivity index (χ0v) is 7.95. The van der Waals surface area contributed by atoms with Crippen molar-refractivity contribution in [3.63, 3.8) is 0 Å². The highest BCUT2D eigenvalue weighted by molar-refractivity contribution is 5.41. The summed E-state index contributed by atoms with van der Waals surface area (Å²) in [6.07, 6.45) is 0.357. The average molecular weight is 186 g/mol. The van der Waals surface area contributed by atoms with Crippen LogP contribution in [0, 0.1) is 29.6 Å². The van der Waals surface area contributed by atoms with Gasteiger partial charge in [-0.3, -0.25) is 0 Å². The van der Waals surface area contributed by atoms with Crippen molar-refractivity contribution in [1.82, 2.24) is 0 Å². The van der Waals surface area contributed by atoms with Crippen LogP contribution in [0.1, 0.15) is 17.5 Å². The Morgan fingerprint density at radius 2 is 2.14 bits per heavy atom. The van der Waals surface area contributed by atoms with Crippen molar-refractivity contribution in [2.45, 2.75) is 13.3 Å². The van der Waals surface area contributed by atoms with Crippen LogP contribution >= 0.6 is 0 Å². The summed E-state index contributed by atoms with van der Waals surface area (Å²) in [4.78, 5) is 0. The summed E-state index contributed by atoms with van der Waals surface area (Å²) in [6, 6.07) is 9.30. The normalized spacial score (nSPS) is 8.79. The summed E-state index contributed by atoms with van der Waals surface area (Å²) in [5.41, 5.74) is 1.55. The predicted molar refractivity (Wildman–Crippen MR) is 51.6 cm³/mol. The third-order valence-electron chi connectivity index (χ3n) is 1.79. The molecule has 3 nitrogen and oxygen atoms in total. The molecule has 14 heavy (non-hydrogen) atoms. The topological polar surface area (TPSA) is 56.8 Å². The predicted octanol–water partition coefficient (Wildman–Crippen LogP) is 2.16. The molecule has 0 atom stereocenters. The van der Waals surface area contributed by atoms with Crippen molar-refractivity contribution >= 4 is 0 Å². The summed E-state index contributed by atoms with van der Waals surface area (Å²) in [5.74, 6) is 0.680. The van der Waals surface area contributed by atoms with Crippen LogP contribution in [0.4, 0.5) is 0 Å². The minimum atomic E-state index is 0.357. The van der Waals surface area contributed by atoms with Crippen LogP contribution in [-0.2, 0) is 0 Å². The molecule has 0 bridgehead atoms. The summed E-state index contributed by atoms with van der Waals surface area (Å²) < 4.78 is 5.35. The van der Waals surface area contributed by atoms with Crippen molar-refractivity contribution in [3.8, 4) is 17.9 Å². The molecule has 0 N–H and O–H groups in total. The number of benzene rings is 1. The number of hydrogen-bond acceptors (Lipinski definition) is 3. The van der Waals surface area contributed by atoms with E-state index in [1.807, 2.05) is 25.1 Å². The van der Waals surface area contributed by atoms with Crippen LogP contribution in [0.5, 0.6) is 5.75 Å². The molecule has 0 aliphatic carbocycles. The maximum Gasteiger partial charge on any atom is 0.123 e. The van der Waals surface area contributed by atoms with Crippen LogP contribution in [0.15, 0.2) is 18.2 Å². The molecule has 0 aromatic heterocycles. The van der Waals surface area contributed by atoms with E-state index in [4.69, 9.17) is 15.3 Å². The van der Waals surface area contributed by atoms with Gasteiger partial charge in [-0.2, -0.15) is 10.5 Å². The van der Waals surface area contributed by atoms with E-state index in [9.17, 15) is 0 Å². The zero-order valence-electron chi connectivity index (χ0n) is 7.95. The number of rotatable bonds is 3. The molecule has 0 aliphatic rings. The lowest BCUT2D eigenvalue weighted by Crippen LogP contribution is -1.97. The van der Waals surface area contributed by atoms with E-state index in [0.29, 0.717) is 24.3 Å². The highest BCUT2D eigenvalue weighted by Gasteiger charge is 2.00. The Balaban J connectivity index is 2.76. The van der Waals surface area contributed by atoms with Gasteiger partial charge in [-0.05, 0) is 24.6 Å². The Hall–Kier alpha value is -2.00. The summed E-state index contributed by atoms with van der Waals surface area (Å²) in [7, 11) is 0. The number of ether oxygens (including phenoxy) is 1. The Morgan fingerprint density at radius 1 is 1.36 bits per heavy atom. The molecule has 70 valence electrons. The number of aryl methyl sites for hydroxylation is 1. The Labute approximate surface area is 83.2 Å². The quantitative estimate of drug-likeness (QED) is 0.679. The van der Waals surface area contributed by atoms with Gasteiger partial charge in [0.2, 0.25) is 0 Å². The molecule has 1 aromatic rings. The highest BCUT2D eigenvalue weighted by atomic mass is 16.5. The molecular formula is C11H10N2O. The fourth-order valence-corrected chi connectivity index (χ4v) is 1.03. The minimum Gasteiger partial charge on any atom is -0.492 e. The van der Waals surface area contributed by atoms with Crippen molar-refractivity contribution in [1.29, 1.82) is 10.5 Å². The SMILES string of the molecule is Cc1ccc(C#N)cc1OCCC#N. The van der Waals surface area contributed by atoms with Crippen molar-refractivity contribution < 1.29 is 4.74 Å². The molecule has 0 saturated carbocycles. The third-order valence-corrected chi connectivity index (χ3v) is 1.79. The van der Waals surface area contributed by atoms with E-state index in [-0.39, 0.29) is 0 Å². The highest BCUT2D eigenvalue weighted by Crippen LogP contribution is 2.19. The molecule has 0 saturated heterocycles. The Bertz CT molecular complexity index is 399. The number of hydrogen-bond donors (Lipinski definition) is 0. The molecule has 0 unspecified atom stereocenters. The van der Waals surface area contributed by atoms with Crippen molar-refractivity contribution in [3.05, 3.63) is 29.3 Å². The van der Waals surface area contributed by atoms with Gasteiger partial charge in [-0.1, -0.05) is 6.07 Å². The van der Waals surface area contributed by atoms with Gasteiger partial charge in [0.25, 0.3) is 0 Å². The monoisotopic (exact) mass is 186 g/mol. The molecule has 0 radical (unpaired) electrons. The molecule has 0 amide bonds. The fraction of sp³-hybridized carbons (Fsp3) is 0.273. The number of nitrogens with zero attached hydrogens (tertiary/aromatic N) is 2. The van der Waals surface area contributed by atoms with Crippen molar-refractivity contribution in [2.24, 2.45) is 0 Å². The molecular weight excluding hydrogens is 176 g/mol. The first-order chi connectivity index (χ1) is 6.77. The van der Waals surface area contributed by atoms with Gasteiger partial charge in [0.1, 0.15) is 12.4 Å². The first-order valence-corrected chi connectivity index (χ1v) is 4.28. The third kappa shape index (κ3) is 2.50. The molecule has 0 fully saturated rings. The van der Waals surface area contributed by atoms with E-state index < -0.39 is 0 Å². The minimum absolute atomic E-state index is 0.357. The van der Waals surface area contributed by atoms with E-state index in [2.05, 4.69) is 0 Å². The first-order valence-electron chi connectivity index (χ1n) is 4.28. The molecule has 0 heterocycles.